The fraction of sp³-hybridized carbons (Fsp3) is 0.400. The van der Waals surface area contributed by atoms with E-state index in [1.165, 1.54) is 0 Å². The number of aromatic amines is 1. The molecule has 1 atom stereocenters. The van der Waals surface area contributed by atoms with Gasteiger partial charge in [0.1, 0.15) is 5.78 Å². The molecule has 0 saturated carbocycles. The molecular formula is C10H13NO2. The van der Waals surface area contributed by atoms with Gasteiger partial charge < -0.3 is 4.98 Å². The first-order valence-corrected chi connectivity index (χ1v) is 4.37. The highest BCUT2D eigenvalue weighted by Crippen LogP contribution is 2.08. The fourth-order valence-corrected chi connectivity index (χ4v) is 1.17. The zero-order chi connectivity index (χ0) is 9.84. The first-order valence-electron chi connectivity index (χ1n) is 4.37. The quantitative estimate of drug-likeness (QED) is 0.566. The van der Waals surface area contributed by atoms with Gasteiger partial charge in [0.25, 0.3) is 0 Å². The highest BCUT2D eigenvalue weighted by Gasteiger charge is 2.21. The van der Waals surface area contributed by atoms with Crippen LogP contribution < -0.4 is 0 Å². The summed E-state index contributed by atoms with van der Waals surface area (Å²) in [6, 6.07) is 3.43. The molecule has 1 heterocycles. The molecule has 0 amide bonds. The zero-order valence-electron chi connectivity index (χ0n) is 7.83. The normalized spacial score (nSPS) is 12.5. The second-order valence-electron chi connectivity index (χ2n) is 2.99. The SMILES string of the molecule is CCC(=O)C(C)C(=O)c1ccc[nH]1. The number of nitrogens with one attached hydrogen (secondary N) is 1. The van der Waals surface area contributed by atoms with Gasteiger partial charge >= 0.3 is 0 Å². The van der Waals surface area contributed by atoms with Crippen LogP contribution in [-0.2, 0) is 4.79 Å². The van der Waals surface area contributed by atoms with E-state index in [0.717, 1.165) is 0 Å². The van der Waals surface area contributed by atoms with Crippen LogP contribution >= 0.6 is 0 Å². The first-order chi connectivity index (χ1) is 6.16. The lowest BCUT2D eigenvalue weighted by Crippen LogP contribution is -2.20. The number of Topliss-reactive ketones (excluding diaryl/α,β-unsaturated/α-hetero) is 2. The number of hydrogen-bond donors (Lipinski definition) is 1. The lowest BCUT2D eigenvalue weighted by atomic mass is 9.97. The molecule has 0 aliphatic carbocycles. The third kappa shape index (κ3) is 2.05. The van der Waals surface area contributed by atoms with Crippen LogP contribution in [-0.4, -0.2) is 16.6 Å². The summed E-state index contributed by atoms with van der Waals surface area (Å²) in [7, 11) is 0. The molecular weight excluding hydrogens is 166 g/mol. The van der Waals surface area contributed by atoms with Crippen LogP contribution in [0.3, 0.4) is 0 Å². The summed E-state index contributed by atoms with van der Waals surface area (Å²) >= 11 is 0. The van der Waals surface area contributed by atoms with E-state index in [1.54, 1.807) is 32.2 Å². The van der Waals surface area contributed by atoms with E-state index in [9.17, 15) is 9.59 Å². The van der Waals surface area contributed by atoms with E-state index in [-0.39, 0.29) is 11.6 Å². The largest absolute Gasteiger partial charge is 0.359 e. The predicted octanol–water partition coefficient (Wildman–Crippen LogP) is 1.81. The molecule has 1 rings (SSSR count). The standard InChI is InChI=1S/C10H13NO2/c1-3-9(12)7(2)10(13)8-5-4-6-11-8/h4-7,11H,3H2,1-2H3. The van der Waals surface area contributed by atoms with Crippen LogP contribution in [0, 0.1) is 5.92 Å². The van der Waals surface area contributed by atoms with Gasteiger partial charge in [-0.05, 0) is 19.1 Å². The van der Waals surface area contributed by atoms with Crippen molar-refractivity contribution in [1.29, 1.82) is 0 Å². The number of rotatable bonds is 4. The minimum atomic E-state index is -0.524. The third-order valence-electron chi connectivity index (χ3n) is 2.09. The second kappa shape index (κ2) is 4.03. The average molecular weight is 179 g/mol. The number of carbonyl (C=O) groups excluding carboxylic acids is 2. The summed E-state index contributed by atoms with van der Waals surface area (Å²) in [6.07, 6.45) is 2.09. The van der Waals surface area contributed by atoms with Crippen molar-refractivity contribution >= 4 is 11.6 Å². The van der Waals surface area contributed by atoms with Crippen LogP contribution in [0.1, 0.15) is 30.8 Å². The molecule has 0 radical (unpaired) electrons. The van der Waals surface area contributed by atoms with E-state index < -0.39 is 5.92 Å². The maximum absolute atomic E-state index is 11.6. The van der Waals surface area contributed by atoms with Gasteiger partial charge in [-0.25, -0.2) is 0 Å². The van der Waals surface area contributed by atoms with Crippen LogP contribution in [0.2, 0.25) is 0 Å². The predicted molar refractivity (Wildman–Crippen MR) is 49.6 cm³/mol. The van der Waals surface area contributed by atoms with Gasteiger partial charge in [0.2, 0.25) is 0 Å². The molecule has 0 fully saturated rings. The van der Waals surface area contributed by atoms with E-state index in [0.29, 0.717) is 12.1 Å². The van der Waals surface area contributed by atoms with Crippen molar-refractivity contribution in [2.45, 2.75) is 20.3 Å². The molecule has 13 heavy (non-hydrogen) atoms. The van der Waals surface area contributed by atoms with Gasteiger partial charge in [-0.3, -0.25) is 9.59 Å². The maximum atomic E-state index is 11.6. The molecule has 1 aromatic heterocycles. The van der Waals surface area contributed by atoms with Crippen LogP contribution in [0.15, 0.2) is 18.3 Å². The van der Waals surface area contributed by atoms with Crippen molar-refractivity contribution in [3.05, 3.63) is 24.0 Å². The molecule has 1 N–H and O–H groups in total. The molecule has 1 aromatic rings. The fourth-order valence-electron chi connectivity index (χ4n) is 1.17. The van der Waals surface area contributed by atoms with Gasteiger partial charge in [0, 0.05) is 12.6 Å². The summed E-state index contributed by atoms with van der Waals surface area (Å²) in [5.41, 5.74) is 0.509. The van der Waals surface area contributed by atoms with E-state index in [2.05, 4.69) is 4.98 Å². The number of hydrogen-bond acceptors (Lipinski definition) is 2. The number of carbonyl (C=O) groups is 2. The zero-order valence-corrected chi connectivity index (χ0v) is 7.83. The minimum absolute atomic E-state index is 0.0143. The highest BCUT2D eigenvalue weighted by atomic mass is 16.2. The minimum Gasteiger partial charge on any atom is -0.359 e. The van der Waals surface area contributed by atoms with Crippen molar-refractivity contribution in [1.82, 2.24) is 4.98 Å². The lowest BCUT2D eigenvalue weighted by molar-refractivity contribution is -0.120. The lowest BCUT2D eigenvalue weighted by Gasteiger charge is -2.05. The topological polar surface area (TPSA) is 49.9 Å². The first kappa shape index (κ1) is 9.71. The Morgan fingerprint density at radius 2 is 2.23 bits per heavy atom. The molecule has 1 unspecified atom stereocenters. The number of ketones is 2. The molecule has 0 spiro atoms. The van der Waals surface area contributed by atoms with E-state index in [4.69, 9.17) is 0 Å². The third-order valence-corrected chi connectivity index (χ3v) is 2.09. The Morgan fingerprint density at radius 3 is 2.69 bits per heavy atom. The highest BCUT2D eigenvalue weighted by molar-refractivity contribution is 6.09. The number of aromatic nitrogens is 1. The Labute approximate surface area is 77.2 Å². The van der Waals surface area contributed by atoms with Crippen molar-refractivity contribution < 1.29 is 9.59 Å². The molecule has 3 nitrogen and oxygen atoms in total. The van der Waals surface area contributed by atoms with E-state index in [1.807, 2.05) is 0 Å². The Bertz CT molecular complexity index is 301. The van der Waals surface area contributed by atoms with Crippen LogP contribution in [0.5, 0.6) is 0 Å². The molecule has 0 aliphatic heterocycles. The Morgan fingerprint density at radius 1 is 1.54 bits per heavy atom. The summed E-state index contributed by atoms with van der Waals surface area (Å²) < 4.78 is 0. The summed E-state index contributed by atoms with van der Waals surface area (Å²) in [4.78, 5) is 25.6. The van der Waals surface area contributed by atoms with Gasteiger partial charge in [0.05, 0.1) is 11.6 Å². The van der Waals surface area contributed by atoms with Gasteiger partial charge in [-0.1, -0.05) is 6.92 Å². The Hall–Kier alpha value is -1.38. The molecule has 0 saturated heterocycles. The van der Waals surface area contributed by atoms with Gasteiger partial charge in [-0.15, -0.1) is 0 Å². The van der Waals surface area contributed by atoms with E-state index >= 15 is 0 Å². The van der Waals surface area contributed by atoms with Crippen molar-refractivity contribution in [2.75, 3.05) is 0 Å². The molecule has 0 aliphatic rings. The van der Waals surface area contributed by atoms with Crippen LogP contribution in [0.25, 0.3) is 0 Å². The molecule has 3 heteroatoms. The van der Waals surface area contributed by atoms with Crippen LogP contribution in [0.4, 0.5) is 0 Å². The average Bonchev–Trinajstić information content (AvgIpc) is 2.67. The second-order valence-corrected chi connectivity index (χ2v) is 2.99. The smallest absolute Gasteiger partial charge is 0.189 e. The summed E-state index contributed by atoms with van der Waals surface area (Å²) in [6.45, 7) is 3.41. The molecule has 0 aromatic carbocycles. The van der Waals surface area contributed by atoms with Crippen molar-refractivity contribution in [3.8, 4) is 0 Å². The summed E-state index contributed by atoms with van der Waals surface area (Å²) in [5, 5.41) is 0. The monoisotopic (exact) mass is 179 g/mol. The molecule has 70 valence electrons. The van der Waals surface area contributed by atoms with Crippen molar-refractivity contribution in [2.24, 2.45) is 5.92 Å². The van der Waals surface area contributed by atoms with Crippen molar-refractivity contribution in [3.63, 3.8) is 0 Å². The van der Waals surface area contributed by atoms with Gasteiger partial charge in [0.15, 0.2) is 5.78 Å². The van der Waals surface area contributed by atoms with Gasteiger partial charge in [-0.2, -0.15) is 0 Å². The summed E-state index contributed by atoms with van der Waals surface area (Å²) in [5.74, 6) is -0.667. The maximum Gasteiger partial charge on any atom is 0.189 e. The Balaban J connectivity index is 2.74. The molecule has 0 bridgehead atoms. The number of H-pyrrole nitrogens is 1. The Kier molecular flexibility index (Phi) is 3.01.